The number of likely N-dealkylation sites (tertiary alicyclic amines) is 1. The summed E-state index contributed by atoms with van der Waals surface area (Å²) in [6, 6.07) is 14.4. The Morgan fingerprint density at radius 1 is 1.20 bits per heavy atom. The molecule has 1 N–H and O–H groups in total. The molecule has 0 bridgehead atoms. The molecule has 2 aromatic rings. The second-order valence-corrected chi connectivity index (χ2v) is 7.29. The van der Waals surface area contributed by atoms with Crippen LogP contribution in [0.15, 0.2) is 53.5 Å². The van der Waals surface area contributed by atoms with Crippen LogP contribution < -0.4 is 10.1 Å². The fourth-order valence-electron chi connectivity index (χ4n) is 3.47. The first kappa shape index (κ1) is 24.4. The van der Waals surface area contributed by atoms with Gasteiger partial charge < -0.3 is 19.7 Å². The summed E-state index contributed by atoms with van der Waals surface area (Å²) in [5.74, 6) is 2.04. The molecule has 5 nitrogen and oxygen atoms in total. The maximum absolute atomic E-state index is 13.2. The van der Waals surface area contributed by atoms with Gasteiger partial charge in [0.1, 0.15) is 18.2 Å². The predicted octanol–water partition coefficient (Wildman–Crippen LogP) is 4.46. The summed E-state index contributed by atoms with van der Waals surface area (Å²) >= 11 is 0. The van der Waals surface area contributed by atoms with Crippen molar-refractivity contribution in [1.82, 2.24) is 10.2 Å². The van der Waals surface area contributed by atoms with E-state index < -0.39 is 0 Å². The van der Waals surface area contributed by atoms with Crippen LogP contribution in [0.25, 0.3) is 0 Å². The van der Waals surface area contributed by atoms with E-state index >= 15 is 0 Å². The van der Waals surface area contributed by atoms with Gasteiger partial charge in [-0.15, -0.1) is 24.0 Å². The lowest BCUT2D eigenvalue weighted by atomic mass is 10.1. The van der Waals surface area contributed by atoms with E-state index in [1.807, 2.05) is 30.3 Å². The lowest BCUT2D eigenvalue weighted by Crippen LogP contribution is -2.40. The van der Waals surface area contributed by atoms with Crippen LogP contribution in [-0.4, -0.2) is 44.2 Å². The van der Waals surface area contributed by atoms with E-state index in [0.29, 0.717) is 19.1 Å². The third-order valence-corrected chi connectivity index (χ3v) is 4.95. The van der Waals surface area contributed by atoms with Gasteiger partial charge in [-0.2, -0.15) is 0 Å². The number of nitrogens with one attached hydrogen (secondary N) is 1. The zero-order valence-electron chi connectivity index (χ0n) is 17.6. The fourth-order valence-corrected chi connectivity index (χ4v) is 3.47. The van der Waals surface area contributed by atoms with Gasteiger partial charge in [0.2, 0.25) is 0 Å². The molecule has 0 aromatic heterocycles. The Morgan fingerprint density at radius 3 is 2.70 bits per heavy atom. The molecular formula is C23H31FIN3O2. The highest BCUT2D eigenvalue weighted by atomic mass is 127. The molecule has 1 aliphatic heterocycles. The molecule has 1 heterocycles. The standard InChI is InChI=1S/C23H30FN3O2.HI/c1-3-25-23(27-12-11-20(15-27)16-28-2)26-14-18-7-9-22(10-8-18)29-17-19-5-4-6-21(24)13-19;/h4-10,13,20H,3,11-12,14-17H2,1-2H3,(H,25,26);1H. The lowest BCUT2D eigenvalue weighted by molar-refractivity contribution is 0.157. The zero-order chi connectivity index (χ0) is 20.5. The lowest BCUT2D eigenvalue weighted by Gasteiger charge is -2.21. The van der Waals surface area contributed by atoms with Crippen molar-refractivity contribution in [2.45, 2.75) is 26.5 Å². The number of guanidine groups is 1. The van der Waals surface area contributed by atoms with Crippen LogP contribution in [0.3, 0.4) is 0 Å². The van der Waals surface area contributed by atoms with Crippen LogP contribution in [0.2, 0.25) is 0 Å². The van der Waals surface area contributed by atoms with Crippen molar-refractivity contribution in [2.75, 3.05) is 33.4 Å². The molecule has 1 fully saturated rings. The first-order valence-corrected chi connectivity index (χ1v) is 10.2. The van der Waals surface area contributed by atoms with Crippen molar-refractivity contribution < 1.29 is 13.9 Å². The van der Waals surface area contributed by atoms with E-state index in [2.05, 4.69) is 17.1 Å². The topological polar surface area (TPSA) is 46.1 Å². The molecule has 1 atom stereocenters. The minimum absolute atomic E-state index is 0. The number of ether oxygens (including phenoxy) is 2. The van der Waals surface area contributed by atoms with Crippen molar-refractivity contribution in [3.63, 3.8) is 0 Å². The average molecular weight is 527 g/mol. The number of rotatable bonds is 8. The summed E-state index contributed by atoms with van der Waals surface area (Å²) in [5, 5.41) is 3.39. The van der Waals surface area contributed by atoms with Gasteiger partial charge in [-0.3, -0.25) is 0 Å². The van der Waals surface area contributed by atoms with Gasteiger partial charge in [0.25, 0.3) is 0 Å². The first-order chi connectivity index (χ1) is 14.2. The summed E-state index contributed by atoms with van der Waals surface area (Å²) in [6.07, 6.45) is 1.13. The molecule has 0 saturated carbocycles. The quantitative estimate of drug-likeness (QED) is 0.313. The molecule has 0 spiro atoms. The Morgan fingerprint density at radius 2 is 2.00 bits per heavy atom. The van der Waals surface area contributed by atoms with Gasteiger partial charge >= 0.3 is 0 Å². The predicted molar refractivity (Wildman–Crippen MR) is 129 cm³/mol. The van der Waals surface area contributed by atoms with Crippen LogP contribution in [-0.2, 0) is 17.9 Å². The molecule has 164 valence electrons. The second-order valence-electron chi connectivity index (χ2n) is 7.29. The Balaban J connectivity index is 0.00000320. The minimum atomic E-state index is -0.248. The van der Waals surface area contributed by atoms with Crippen molar-refractivity contribution >= 4 is 29.9 Å². The monoisotopic (exact) mass is 527 g/mol. The molecule has 2 aromatic carbocycles. The Labute approximate surface area is 195 Å². The van der Waals surface area contributed by atoms with Gasteiger partial charge in [-0.05, 0) is 48.7 Å². The third-order valence-electron chi connectivity index (χ3n) is 4.95. The molecule has 30 heavy (non-hydrogen) atoms. The highest BCUT2D eigenvalue weighted by Gasteiger charge is 2.24. The van der Waals surface area contributed by atoms with Crippen LogP contribution in [0.4, 0.5) is 4.39 Å². The molecule has 0 aliphatic carbocycles. The van der Waals surface area contributed by atoms with Crippen molar-refractivity contribution in [3.8, 4) is 5.75 Å². The smallest absolute Gasteiger partial charge is 0.194 e. The SMILES string of the molecule is CCNC(=NCc1ccc(OCc2cccc(F)c2)cc1)N1CCC(COC)C1.I. The van der Waals surface area contributed by atoms with E-state index in [1.54, 1.807) is 13.2 Å². The molecular weight excluding hydrogens is 496 g/mol. The van der Waals surface area contributed by atoms with Crippen molar-refractivity contribution in [1.29, 1.82) is 0 Å². The van der Waals surface area contributed by atoms with E-state index in [4.69, 9.17) is 14.5 Å². The van der Waals surface area contributed by atoms with E-state index in [1.165, 1.54) is 12.1 Å². The van der Waals surface area contributed by atoms with Gasteiger partial charge in [-0.25, -0.2) is 9.38 Å². The summed E-state index contributed by atoms with van der Waals surface area (Å²) in [6.45, 7) is 6.67. The molecule has 1 saturated heterocycles. The fraction of sp³-hybridized carbons (Fsp3) is 0.435. The summed E-state index contributed by atoms with van der Waals surface area (Å²) in [7, 11) is 1.76. The van der Waals surface area contributed by atoms with Crippen LogP contribution in [0.1, 0.15) is 24.5 Å². The Hall–Kier alpha value is -1.87. The number of benzene rings is 2. The molecule has 0 radical (unpaired) electrons. The zero-order valence-corrected chi connectivity index (χ0v) is 20.0. The molecule has 0 amide bonds. The Bertz CT molecular complexity index is 801. The third kappa shape index (κ3) is 7.43. The number of nitrogens with zero attached hydrogens (tertiary/aromatic N) is 2. The van der Waals surface area contributed by atoms with Gasteiger partial charge in [0, 0.05) is 32.7 Å². The summed E-state index contributed by atoms with van der Waals surface area (Å²) in [5.41, 5.74) is 1.93. The van der Waals surface area contributed by atoms with Crippen molar-refractivity contribution in [2.24, 2.45) is 10.9 Å². The Kier molecular flexibility index (Phi) is 10.4. The molecule has 7 heteroatoms. The largest absolute Gasteiger partial charge is 0.489 e. The number of aliphatic imine (C=N–C) groups is 1. The van der Waals surface area contributed by atoms with Crippen LogP contribution >= 0.6 is 24.0 Å². The first-order valence-electron chi connectivity index (χ1n) is 10.2. The maximum Gasteiger partial charge on any atom is 0.194 e. The summed E-state index contributed by atoms with van der Waals surface area (Å²) < 4.78 is 24.3. The van der Waals surface area contributed by atoms with E-state index in [9.17, 15) is 4.39 Å². The van der Waals surface area contributed by atoms with Gasteiger partial charge in [0.05, 0.1) is 13.2 Å². The number of hydrogen-bond acceptors (Lipinski definition) is 3. The van der Waals surface area contributed by atoms with Crippen LogP contribution in [0, 0.1) is 11.7 Å². The van der Waals surface area contributed by atoms with E-state index in [-0.39, 0.29) is 29.8 Å². The highest BCUT2D eigenvalue weighted by molar-refractivity contribution is 14.0. The summed E-state index contributed by atoms with van der Waals surface area (Å²) in [4.78, 5) is 7.11. The second kappa shape index (κ2) is 12.7. The normalized spacial score (nSPS) is 16.3. The van der Waals surface area contributed by atoms with Gasteiger partial charge in [0.15, 0.2) is 5.96 Å². The maximum atomic E-state index is 13.2. The number of halogens is 2. The van der Waals surface area contributed by atoms with Gasteiger partial charge in [-0.1, -0.05) is 24.3 Å². The van der Waals surface area contributed by atoms with E-state index in [0.717, 1.165) is 55.5 Å². The number of hydrogen-bond donors (Lipinski definition) is 1. The molecule has 1 aliphatic rings. The minimum Gasteiger partial charge on any atom is -0.489 e. The highest BCUT2D eigenvalue weighted by Crippen LogP contribution is 2.18. The van der Waals surface area contributed by atoms with Crippen LogP contribution in [0.5, 0.6) is 5.75 Å². The average Bonchev–Trinajstić information content (AvgIpc) is 3.19. The van der Waals surface area contributed by atoms with Crippen molar-refractivity contribution in [3.05, 3.63) is 65.5 Å². The molecule has 3 rings (SSSR count). The number of methoxy groups -OCH3 is 1. The molecule has 1 unspecified atom stereocenters.